The fourth-order valence-corrected chi connectivity index (χ4v) is 8.99. The number of methoxy groups -OCH3 is 2. The van der Waals surface area contributed by atoms with Gasteiger partial charge in [0.15, 0.2) is 45.6 Å². The molecule has 0 bridgehead atoms. The molecule has 3 rings (SSSR count). The number of rotatable bonds is 20. The van der Waals surface area contributed by atoms with Crippen LogP contribution in [0.3, 0.4) is 0 Å². The Labute approximate surface area is 537 Å². The molecule has 4 N–H and O–H groups in total. The Hall–Kier alpha value is 5.37. The van der Waals surface area contributed by atoms with E-state index in [1.54, 1.807) is 0 Å². The molecular formula is C20H29N2Na7O32S6. The summed E-state index contributed by atoms with van der Waals surface area (Å²) >= 11 is 0. The Balaban J connectivity index is -0.00000183. The number of nitrogens with one attached hydrogen (secondary N) is 2. The van der Waals surface area contributed by atoms with Gasteiger partial charge in [0.2, 0.25) is 31.2 Å². The molecule has 47 heteroatoms. The van der Waals surface area contributed by atoms with Gasteiger partial charge in [0.25, 0.3) is 0 Å². The van der Waals surface area contributed by atoms with Crippen molar-refractivity contribution in [3.63, 3.8) is 0 Å². The molecule has 0 aliphatic carbocycles. The molecule has 0 saturated carbocycles. The summed E-state index contributed by atoms with van der Waals surface area (Å²) in [5.74, 6) is -4.37. The number of hydrogen-bond acceptors (Lipinski definition) is 32. The molecule has 3 heterocycles. The summed E-state index contributed by atoms with van der Waals surface area (Å²) in [7, 11) is -33.7. The number of aliphatic hydroxyl groups is 2. The van der Waals surface area contributed by atoms with E-state index in [1.807, 2.05) is 0 Å². The monoisotopic (exact) mass is 1160 g/mol. The number of carboxylic acid groups (broad SMARTS) is 1. The molecule has 354 valence electrons. The second-order valence-electron chi connectivity index (χ2n) is 12.0. The van der Waals surface area contributed by atoms with E-state index in [4.69, 9.17) is 33.2 Å². The molecule has 0 radical (unpaired) electrons. The maximum absolute atomic E-state index is 12.4. The normalized spacial score (nSPS) is 32.7. The molecule has 15 unspecified atom stereocenters. The second-order valence-corrected chi connectivity index (χ2v) is 18.8. The number of carbonyl (C=O) groups excluding carboxylic acids is 1. The van der Waals surface area contributed by atoms with Gasteiger partial charge in [-0.25, -0.2) is 60.0 Å². The van der Waals surface area contributed by atoms with Crippen molar-refractivity contribution < 1.29 is 351 Å². The van der Waals surface area contributed by atoms with Crippen LogP contribution in [0.25, 0.3) is 0 Å². The molecule has 0 aromatic rings. The second kappa shape index (κ2) is 33.1. The maximum Gasteiger partial charge on any atom is 1.00 e. The van der Waals surface area contributed by atoms with Gasteiger partial charge < -0.3 is 80.6 Å². The number of aliphatic hydroxyl groups excluding tert-OH is 2. The molecule has 67 heavy (non-hydrogen) atoms. The predicted molar refractivity (Wildman–Crippen MR) is 163 cm³/mol. The SMILES string of the molecule is COC1OC(CS(=O)(=O)[O-])C(OC2OC(C(=O)[O-])C(OC3OC(COS(=O)(=O)[O-])C(OC)C(OS(=O)(=O)[O-])C3NS(=O)(=O)[O-])C(O)C2OS(=O)(=O)[O-])C(O)C1NS(=O)(=O)[O-].[Na+].[Na+].[Na+].[Na+].[Na+].[Na+].[Na+]. The molecule has 3 aliphatic rings. The molecule has 3 saturated heterocycles. The Morgan fingerprint density at radius 2 is 0.985 bits per heavy atom. The molecule has 0 amide bonds. The van der Waals surface area contributed by atoms with Crippen molar-refractivity contribution in [2.24, 2.45) is 0 Å². The van der Waals surface area contributed by atoms with Gasteiger partial charge >= 0.3 is 207 Å². The third kappa shape index (κ3) is 27.2. The maximum atomic E-state index is 12.4. The van der Waals surface area contributed by atoms with Crippen LogP contribution in [0, 0.1) is 0 Å². The number of aliphatic carboxylic acids is 1. The molecule has 0 aromatic carbocycles. The molecule has 3 aliphatic heterocycles. The van der Waals surface area contributed by atoms with E-state index in [1.165, 1.54) is 4.72 Å². The van der Waals surface area contributed by atoms with Crippen LogP contribution in [0.4, 0.5) is 0 Å². The largest absolute Gasteiger partial charge is 1.00 e. The van der Waals surface area contributed by atoms with Gasteiger partial charge in [0.1, 0.15) is 67.0 Å². The van der Waals surface area contributed by atoms with E-state index in [0.717, 1.165) is 11.8 Å². The van der Waals surface area contributed by atoms with Gasteiger partial charge in [-0.3, -0.25) is 12.5 Å². The third-order valence-corrected chi connectivity index (χ3v) is 11.1. The third-order valence-electron chi connectivity index (χ3n) is 7.92. The predicted octanol–water partition coefficient (Wildman–Crippen LogP) is -32.4. The number of ether oxygens (including phenoxy) is 7. The Morgan fingerprint density at radius 1 is 0.537 bits per heavy atom. The van der Waals surface area contributed by atoms with Gasteiger partial charge in [-0.2, -0.15) is 0 Å². The minimum atomic E-state index is -6.22. The zero-order valence-corrected chi connectivity index (χ0v) is 55.1. The summed E-state index contributed by atoms with van der Waals surface area (Å²) in [4.78, 5) is 12.4. The fourth-order valence-electron chi connectivity index (χ4n) is 5.87. The zero-order valence-electron chi connectivity index (χ0n) is 36.2. The summed E-state index contributed by atoms with van der Waals surface area (Å²) < 4.78 is 259. The van der Waals surface area contributed by atoms with E-state index in [9.17, 15) is 97.9 Å². The summed E-state index contributed by atoms with van der Waals surface area (Å²) in [5, 5.41) is 34.7. The minimum absolute atomic E-state index is 0. The van der Waals surface area contributed by atoms with Crippen LogP contribution in [0.2, 0.25) is 0 Å². The molecule has 0 spiro atoms. The van der Waals surface area contributed by atoms with E-state index in [-0.39, 0.29) is 207 Å². The van der Waals surface area contributed by atoms with E-state index < -0.39 is 172 Å². The van der Waals surface area contributed by atoms with Gasteiger partial charge in [0.05, 0.1) is 28.4 Å². The Morgan fingerprint density at radius 3 is 1.39 bits per heavy atom. The van der Waals surface area contributed by atoms with Crippen molar-refractivity contribution in [3.05, 3.63) is 0 Å². The van der Waals surface area contributed by atoms with Gasteiger partial charge in [-0.15, -0.1) is 0 Å². The number of hydrogen-bond donors (Lipinski definition) is 4. The topological polar surface area (TPSA) is 540 Å². The first kappa shape index (κ1) is 81.2. The fraction of sp³-hybridized carbons (Fsp3) is 0.950. The van der Waals surface area contributed by atoms with E-state index in [0.29, 0.717) is 7.11 Å². The van der Waals surface area contributed by atoms with Crippen LogP contribution in [0.5, 0.6) is 0 Å². The molecule has 0 aromatic heterocycles. The molecule has 3 fully saturated rings. The van der Waals surface area contributed by atoms with Crippen LogP contribution in [0.1, 0.15) is 0 Å². The van der Waals surface area contributed by atoms with Crippen LogP contribution in [-0.4, -0.2) is 213 Å². The van der Waals surface area contributed by atoms with Crippen LogP contribution in [0.15, 0.2) is 0 Å². The van der Waals surface area contributed by atoms with Crippen LogP contribution in [-0.2, 0) is 112 Å². The smallest absolute Gasteiger partial charge is 0.748 e. The summed E-state index contributed by atoms with van der Waals surface area (Å²) in [6.07, 6.45) is -35.4. The van der Waals surface area contributed by atoms with Crippen molar-refractivity contribution in [1.29, 1.82) is 0 Å². The minimum Gasteiger partial charge on any atom is -0.748 e. The molecule has 15 atom stereocenters. The van der Waals surface area contributed by atoms with Crippen LogP contribution >= 0.6 is 0 Å². The van der Waals surface area contributed by atoms with Gasteiger partial charge in [0, 0.05) is 14.2 Å². The first-order chi connectivity index (χ1) is 27.0. The van der Waals surface area contributed by atoms with E-state index in [2.05, 4.69) is 12.5 Å². The van der Waals surface area contributed by atoms with Gasteiger partial charge in [-0.1, -0.05) is 0 Å². The number of carboxylic acids is 1. The van der Waals surface area contributed by atoms with Crippen molar-refractivity contribution in [3.8, 4) is 0 Å². The first-order valence-corrected chi connectivity index (χ1v) is 23.6. The standard InChI is InChI=1S/C20H36N2O32S6.7Na/c1-45-12-5(3-47-58(36,37)38)48-19(8(22-57(33,34)35)13(12)53-59(39,40)41)51-14-10(24)15(54-60(42,43)44)20(52-16(14)17(25)26)50-11-6(4-55(27,28)29)49-18(46-2)7(9(11)23)21-56(30,31)32;;;;;;;/h5-16,18-24H,3-4H2,1-2H3,(H,25,26)(H,27,28,29)(H,30,31,32)(H,33,34,35)(H,36,37,38)(H,39,40,41)(H,42,43,44);;;;;;;/q;7*+1/p-7. The molecule has 34 nitrogen and oxygen atoms in total. The number of carbonyl (C=O) groups is 1. The van der Waals surface area contributed by atoms with Crippen molar-refractivity contribution in [2.75, 3.05) is 26.6 Å². The molecular weight excluding hydrogens is 1130 g/mol. The Kier molecular flexibility index (Phi) is 40.1. The average molecular weight is 1160 g/mol. The zero-order chi connectivity index (χ0) is 46.1. The average Bonchev–Trinajstić information content (AvgIpc) is 3.03. The van der Waals surface area contributed by atoms with Crippen molar-refractivity contribution in [2.45, 2.75) is 92.0 Å². The summed E-state index contributed by atoms with van der Waals surface area (Å²) in [5.41, 5.74) is 0. The van der Waals surface area contributed by atoms with Crippen molar-refractivity contribution in [1.82, 2.24) is 9.44 Å². The summed E-state index contributed by atoms with van der Waals surface area (Å²) in [6.45, 7) is -1.58. The van der Waals surface area contributed by atoms with Crippen LogP contribution < -0.4 is 221 Å². The Bertz CT molecular complexity index is 2220. The van der Waals surface area contributed by atoms with Gasteiger partial charge in [-0.05, 0) is 0 Å². The first-order valence-electron chi connectivity index (χ1n) is 15.2. The van der Waals surface area contributed by atoms with Crippen molar-refractivity contribution >= 4 is 67.9 Å². The summed E-state index contributed by atoms with van der Waals surface area (Å²) in [6, 6.07) is -5.15. The van der Waals surface area contributed by atoms with E-state index >= 15 is 0 Å². The quantitative estimate of drug-likeness (QED) is 0.0499.